The van der Waals surface area contributed by atoms with Crippen molar-refractivity contribution >= 4 is 11.6 Å². The molecule has 0 heterocycles. The number of nitrogens with one attached hydrogen (secondary N) is 1. The molecule has 1 rings (SSSR count). The van der Waals surface area contributed by atoms with Gasteiger partial charge in [-0.15, -0.1) is 0 Å². The van der Waals surface area contributed by atoms with Crippen LogP contribution >= 0.6 is 11.6 Å². The lowest BCUT2D eigenvalue weighted by Gasteiger charge is -2.28. The van der Waals surface area contributed by atoms with Gasteiger partial charge in [0.2, 0.25) is 0 Å². The molecule has 1 N–H and O–H groups in total. The molecule has 0 saturated carbocycles. The topological polar surface area (TPSA) is 15.3 Å². The van der Waals surface area contributed by atoms with E-state index >= 15 is 0 Å². The van der Waals surface area contributed by atoms with Gasteiger partial charge in [0.05, 0.1) is 0 Å². The van der Waals surface area contributed by atoms with Gasteiger partial charge < -0.3 is 10.2 Å². The summed E-state index contributed by atoms with van der Waals surface area (Å²) in [6.07, 6.45) is 2.28. The zero-order valence-electron chi connectivity index (χ0n) is 12.6. The van der Waals surface area contributed by atoms with Crippen LogP contribution in [0.15, 0.2) is 24.3 Å². The van der Waals surface area contributed by atoms with Crippen LogP contribution in [-0.4, -0.2) is 31.1 Å². The van der Waals surface area contributed by atoms with E-state index in [4.69, 9.17) is 11.6 Å². The van der Waals surface area contributed by atoms with Crippen molar-refractivity contribution < 1.29 is 0 Å². The van der Waals surface area contributed by atoms with E-state index in [1.807, 2.05) is 19.2 Å². The number of hydrogen-bond acceptors (Lipinski definition) is 2. The van der Waals surface area contributed by atoms with Crippen LogP contribution in [0.2, 0.25) is 5.02 Å². The summed E-state index contributed by atoms with van der Waals surface area (Å²) in [5.74, 6) is 0. The van der Waals surface area contributed by atoms with Gasteiger partial charge in [0.15, 0.2) is 0 Å². The van der Waals surface area contributed by atoms with E-state index < -0.39 is 0 Å². The van der Waals surface area contributed by atoms with E-state index in [0.717, 1.165) is 24.5 Å². The van der Waals surface area contributed by atoms with Crippen molar-refractivity contribution in [2.45, 2.75) is 45.7 Å². The molecule has 0 aliphatic carbocycles. The van der Waals surface area contributed by atoms with Crippen LogP contribution in [0.1, 0.15) is 45.2 Å². The second kappa shape index (κ2) is 8.57. The summed E-state index contributed by atoms with van der Waals surface area (Å²) in [6, 6.07) is 9.04. The Morgan fingerprint density at radius 3 is 2.42 bits per heavy atom. The van der Waals surface area contributed by atoms with Gasteiger partial charge >= 0.3 is 0 Å². The fourth-order valence-electron chi connectivity index (χ4n) is 2.42. The van der Waals surface area contributed by atoms with Crippen molar-refractivity contribution in [2.75, 3.05) is 20.1 Å². The van der Waals surface area contributed by atoms with Gasteiger partial charge in [-0.2, -0.15) is 0 Å². The fraction of sp³-hybridized carbons (Fsp3) is 0.625. The van der Waals surface area contributed by atoms with Gasteiger partial charge in [0, 0.05) is 23.7 Å². The van der Waals surface area contributed by atoms with Gasteiger partial charge in [-0.1, -0.05) is 36.7 Å². The highest BCUT2D eigenvalue weighted by atomic mass is 35.5. The van der Waals surface area contributed by atoms with Gasteiger partial charge in [-0.25, -0.2) is 0 Å². The molecule has 0 saturated heterocycles. The highest BCUT2D eigenvalue weighted by Crippen LogP contribution is 2.25. The minimum atomic E-state index is 0.326. The number of halogens is 1. The maximum atomic E-state index is 6.28. The Hall–Kier alpha value is -0.570. The summed E-state index contributed by atoms with van der Waals surface area (Å²) >= 11 is 6.28. The van der Waals surface area contributed by atoms with E-state index in [2.05, 4.69) is 43.1 Å². The number of nitrogens with zero attached hydrogens (tertiary/aromatic N) is 1. The molecule has 0 amide bonds. The zero-order valence-corrected chi connectivity index (χ0v) is 13.4. The summed E-state index contributed by atoms with van der Waals surface area (Å²) in [4.78, 5) is 2.53. The van der Waals surface area contributed by atoms with Crippen LogP contribution in [-0.2, 0) is 0 Å². The van der Waals surface area contributed by atoms with Gasteiger partial charge in [-0.05, 0) is 51.9 Å². The molecule has 1 atom stereocenters. The number of rotatable bonds is 8. The van der Waals surface area contributed by atoms with Gasteiger partial charge in [0.25, 0.3) is 0 Å². The molecule has 0 bridgehead atoms. The molecular formula is C16H27ClN2. The summed E-state index contributed by atoms with van der Waals surface area (Å²) in [5.41, 5.74) is 1.20. The van der Waals surface area contributed by atoms with E-state index in [0.29, 0.717) is 12.1 Å². The second-order valence-corrected chi connectivity index (χ2v) is 5.69. The Kier molecular flexibility index (Phi) is 7.44. The molecule has 108 valence electrons. The average Bonchev–Trinajstić information content (AvgIpc) is 2.39. The van der Waals surface area contributed by atoms with Crippen LogP contribution in [0.4, 0.5) is 0 Å². The SMILES string of the molecule is CCCN(CCC(NC)c1ccccc1Cl)C(C)C. The Labute approximate surface area is 123 Å². The first-order chi connectivity index (χ1) is 9.10. The Bertz CT molecular complexity index is 366. The minimum absolute atomic E-state index is 0.326. The van der Waals surface area contributed by atoms with E-state index in [-0.39, 0.29) is 0 Å². The van der Waals surface area contributed by atoms with Crippen molar-refractivity contribution in [1.82, 2.24) is 10.2 Å². The zero-order chi connectivity index (χ0) is 14.3. The van der Waals surface area contributed by atoms with E-state index in [1.54, 1.807) is 0 Å². The molecule has 1 aromatic carbocycles. The lowest BCUT2D eigenvalue weighted by atomic mass is 10.0. The molecule has 0 spiro atoms. The second-order valence-electron chi connectivity index (χ2n) is 5.28. The predicted octanol–water partition coefficient (Wildman–Crippen LogP) is 4.11. The average molecular weight is 283 g/mol. The number of hydrogen-bond donors (Lipinski definition) is 1. The Morgan fingerprint density at radius 1 is 1.21 bits per heavy atom. The molecule has 0 aliphatic rings. The lowest BCUT2D eigenvalue weighted by molar-refractivity contribution is 0.211. The third-order valence-corrected chi connectivity index (χ3v) is 3.92. The molecule has 1 unspecified atom stereocenters. The highest BCUT2D eigenvalue weighted by molar-refractivity contribution is 6.31. The fourth-order valence-corrected chi connectivity index (χ4v) is 2.69. The largest absolute Gasteiger partial charge is 0.313 e. The summed E-state index contributed by atoms with van der Waals surface area (Å²) < 4.78 is 0. The third-order valence-electron chi connectivity index (χ3n) is 3.58. The first-order valence-electron chi connectivity index (χ1n) is 7.25. The summed E-state index contributed by atoms with van der Waals surface area (Å²) in [7, 11) is 2.01. The summed E-state index contributed by atoms with van der Waals surface area (Å²) in [5, 5.41) is 4.24. The Balaban J connectivity index is 2.65. The number of benzene rings is 1. The van der Waals surface area contributed by atoms with E-state index in [1.165, 1.54) is 12.0 Å². The van der Waals surface area contributed by atoms with Crippen LogP contribution in [0.3, 0.4) is 0 Å². The van der Waals surface area contributed by atoms with Crippen LogP contribution in [0.5, 0.6) is 0 Å². The lowest BCUT2D eigenvalue weighted by Crippen LogP contribution is -2.34. The predicted molar refractivity (Wildman–Crippen MR) is 84.9 cm³/mol. The molecule has 0 fully saturated rings. The molecule has 19 heavy (non-hydrogen) atoms. The quantitative estimate of drug-likeness (QED) is 0.772. The van der Waals surface area contributed by atoms with Crippen LogP contribution in [0, 0.1) is 0 Å². The molecule has 0 aliphatic heterocycles. The Morgan fingerprint density at radius 2 is 1.89 bits per heavy atom. The van der Waals surface area contributed by atoms with Crippen molar-refractivity contribution in [3.05, 3.63) is 34.9 Å². The normalized spacial score (nSPS) is 13.2. The molecule has 2 nitrogen and oxygen atoms in total. The molecule has 3 heteroatoms. The third kappa shape index (κ3) is 5.13. The summed E-state index contributed by atoms with van der Waals surface area (Å²) in [6.45, 7) is 9.02. The van der Waals surface area contributed by atoms with Crippen LogP contribution in [0.25, 0.3) is 0 Å². The van der Waals surface area contributed by atoms with Crippen molar-refractivity contribution in [3.63, 3.8) is 0 Å². The first kappa shape index (κ1) is 16.5. The van der Waals surface area contributed by atoms with Gasteiger partial charge in [0.1, 0.15) is 0 Å². The smallest absolute Gasteiger partial charge is 0.0453 e. The standard InChI is InChI=1S/C16H27ClN2/c1-5-11-19(13(2)3)12-10-16(18-4)14-8-6-7-9-15(14)17/h6-9,13,16,18H,5,10-12H2,1-4H3. The molecule has 0 aromatic heterocycles. The van der Waals surface area contributed by atoms with E-state index in [9.17, 15) is 0 Å². The highest BCUT2D eigenvalue weighted by Gasteiger charge is 2.15. The minimum Gasteiger partial charge on any atom is -0.313 e. The van der Waals surface area contributed by atoms with Gasteiger partial charge in [-0.3, -0.25) is 0 Å². The van der Waals surface area contributed by atoms with Crippen molar-refractivity contribution in [2.24, 2.45) is 0 Å². The van der Waals surface area contributed by atoms with Crippen molar-refractivity contribution in [3.8, 4) is 0 Å². The van der Waals surface area contributed by atoms with Crippen molar-refractivity contribution in [1.29, 1.82) is 0 Å². The maximum Gasteiger partial charge on any atom is 0.0453 e. The molecule has 1 aromatic rings. The van der Waals surface area contributed by atoms with Crippen LogP contribution < -0.4 is 5.32 Å². The maximum absolute atomic E-state index is 6.28. The monoisotopic (exact) mass is 282 g/mol. The molecule has 0 radical (unpaired) electrons. The first-order valence-corrected chi connectivity index (χ1v) is 7.63. The molecular weight excluding hydrogens is 256 g/mol.